The van der Waals surface area contributed by atoms with E-state index >= 15 is 0 Å². The van der Waals surface area contributed by atoms with Crippen molar-refractivity contribution in [3.63, 3.8) is 0 Å². The number of ether oxygens (including phenoxy) is 1. The second kappa shape index (κ2) is 1.45. The second-order valence-electron chi connectivity index (χ2n) is 1.59. The number of hydrogen-bond acceptors (Lipinski definition) is 4. The van der Waals surface area contributed by atoms with Crippen molar-refractivity contribution >= 4 is 0 Å². The van der Waals surface area contributed by atoms with Gasteiger partial charge in [-0.1, -0.05) is 0 Å². The quantitative estimate of drug-likeness (QED) is 0.409. The maximum atomic E-state index is 8.21. The van der Waals surface area contributed by atoms with Gasteiger partial charge >= 0.3 is 0 Å². The Hall–Kier alpha value is -1.57. The molecular formula is C5HN3O. The average Bonchev–Trinajstić information content (AvgIpc) is 2.63. The molecule has 1 atom stereocenters. The summed E-state index contributed by atoms with van der Waals surface area (Å²) < 4.78 is 4.47. The Morgan fingerprint density at radius 2 is 1.78 bits per heavy atom. The van der Waals surface area contributed by atoms with Crippen LogP contribution in [0.25, 0.3) is 0 Å². The van der Waals surface area contributed by atoms with Crippen LogP contribution in [0.1, 0.15) is 0 Å². The van der Waals surface area contributed by atoms with E-state index in [2.05, 4.69) is 4.74 Å². The summed E-state index contributed by atoms with van der Waals surface area (Å²) in [5.41, 5.74) is -1.45. The molecule has 0 saturated carbocycles. The van der Waals surface area contributed by atoms with Crippen LogP contribution >= 0.6 is 0 Å². The SMILES string of the molecule is N#CC1OC1(C#N)C#N. The molecule has 0 radical (unpaired) electrons. The maximum absolute atomic E-state index is 8.21. The third-order valence-corrected chi connectivity index (χ3v) is 1.07. The van der Waals surface area contributed by atoms with Crippen molar-refractivity contribution in [2.75, 3.05) is 0 Å². The zero-order valence-corrected chi connectivity index (χ0v) is 4.33. The minimum atomic E-state index is -1.45. The van der Waals surface area contributed by atoms with Gasteiger partial charge in [0.15, 0.2) is 0 Å². The van der Waals surface area contributed by atoms with Gasteiger partial charge in [-0.05, 0) is 0 Å². The molecule has 1 heterocycles. The van der Waals surface area contributed by atoms with Gasteiger partial charge in [0.25, 0.3) is 5.60 Å². The fourth-order valence-electron chi connectivity index (χ4n) is 0.464. The van der Waals surface area contributed by atoms with Crippen LogP contribution in [0.15, 0.2) is 0 Å². The molecule has 0 aromatic rings. The fraction of sp³-hybridized carbons (Fsp3) is 0.400. The predicted molar refractivity (Wildman–Crippen MR) is 24.4 cm³/mol. The lowest BCUT2D eigenvalue weighted by Crippen LogP contribution is -2.06. The van der Waals surface area contributed by atoms with Crippen molar-refractivity contribution in [3.8, 4) is 18.2 Å². The Labute approximate surface area is 51.5 Å². The molecule has 0 aromatic carbocycles. The summed E-state index contributed by atoms with van der Waals surface area (Å²) in [7, 11) is 0. The molecule has 0 aromatic heterocycles. The highest BCUT2D eigenvalue weighted by Gasteiger charge is 2.59. The van der Waals surface area contributed by atoms with Crippen LogP contribution in [0.4, 0.5) is 0 Å². The summed E-state index contributed by atoms with van der Waals surface area (Å²) in [4.78, 5) is 0. The van der Waals surface area contributed by atoms with Crippen molar-refractivity contribution in [1.82, 2.24) is 0 Å². The standard InChI is InChI=1S/C5HN3O/c6-1-4-5(2-7,3-8)9-4/h4H. The van der Waals surface area contributed by atoms with E-state index < -0.39 is 11.7 Å². The Balaban J connectivity index is 2.78. The molecule has 1 saturated heterocycles. The lowest BCUT2D eigenvalue weighted by molar-refractivity contribution is 0.386. The monoisotopic (exact) mass is 119 g/mol. The van der Waals surface area contributed by atoms with E-state index in [4.69, 9.17) is 15.8 Å². The summed E-state index contributed by atoms with van der Waals surface area (Å²) >= 11 is 0. The molecule has 1 rings (SSSR count). The highest BCUT2D eigenvalue weighted by Crippen LogP contribution is 2.33. The number of nitriles is 3. The smallest absolute Gasteiger partial charge is 0.282 e. The molecule has 0 aliphatic carbocycles. The van der Waals surface area contributed by atoms with E-state index in [-0.39, 0.29) is 0 Å². The van der Waals surface area contributed by atoms with Crippen LogP contribution in [0.5, 0.6) is 0 Å². The van der Waals surface area contributed by atoms with Crippen LogP contribution in [0.3, 0.4) is 0 Å². The van der Waals surface area contributed by atoms with Gasteiger partial charge in [-0.25, -0.2) is 0 Å². The summed E-state index contributed by atoms with van der Waals surface area (Å²) in [5.74, 6) is 0. The normalized spacial score (nSPS) is 27.0. The van der Waals surface area contributed by atoms with Crippen LogP contribution in [-0.2, 0) is 4.74 Å². The topological polar surface area (TPSA) is 83.9 Å². The van der Waals surface area contributed by atoms with Crippen molar-refractivity contribution in [2.45, 2.75) is 11.7 Å². The molecule has 1 unspecified atom stereocenters. The third-order valence-electron chi connectivity index (χ3n) is 1.07. The van der Waals surface area contributed by atoms with Gasteiger partial charge in [0.05, 0.1) is 6.07 Å². The Morgan fingerprint density at radius 3 is 1.89 bits per heavy atom. The zero-order chi connectivity index (χ0) is 6.91. The lowest BCUT2D eigenvalue weighted by Gasteiger charge is -1.76. The summed E-state index contributed by atoms with van der Waals surface area (Å²) in [6.45, 7) is 0. The average molecular weight is 119 g/mol. The first kappa shape index (κ1) is 5.56. The van der Waals surface area contributed by atoms with E-state index in [1.54, 1.807) is 18.2 Å². The molecule has 0 spiro atoms. The molecule has 1 aliphatic heterocycles. The molecule has 0 bridgehead atoms. The zero-order valence-electron chi connectivity index (χ0n) is 4.33. The minimum Gasteiger partial charge on any atom is -0.321 e. The van der Waals surface area contributed by atoms with Crippen LogP contribution in [-0.4, -0.2) is 11.7 Å². The minimum absolute atomic E-state index is 0.840. The second-order valence-corrected chi connectivity index (χ2v) is 1.59. The van der Waals surface area contributed by atoms with Gasteiger partial charge < -0.3 is 4.74 Å². The fourth-order valence-corrected chi connectivity index (χ4v) is 0.464. The summed E-state index contributed by atoms with van der Waals surface area (Å²) in [6, 6.07) is 4.86. The number of nitrogens with zero attached hydrogens (tertiary/aromatic N) is 3. The van der Waals surface area contributed by atoms with Crippen molar-refractivity contribution in [1.29, 1.82) is 15.8 Å². The molecule has 1 aliphatic rings. The molecule has 9 heavy (non-hydrogen) atoms. The first-order chi connectivity index (χ1) is 4.29. The summed E-state index contributed by atoms with van der Waals surface area (Å²) in [6.07, 6.45) is -0.840. The van der Waals surface area contributed by atoms with E-state index in [1.807, 2.05) is 0 Å². The first-order valence-corrected chi connectivity index (χ1v) is 2.19. The first-order valence-electron chi connectivity index (χ1n) is 2.19. The van der Waals surface area contributed by atoms with Gasteiger partial charge in [0.1, 0.15) is 12.1 Å². The molecule has 0 N–H and O–H groups in total. The molecule has 42 valence electrons. The van der Waals surface area contributed by atoms with Crippen molar-refractivity contribution in [2.24, 2.45) is 0 Å². The number of epoxide rings is 1. The third kappa shape index (κ3) is 0.530. The van der Waals surface area contributed by atoms with E-state index in [0.717, 1.165) is 0 Å². The highest BCUT2D eigenvalue weighted by atomic mass is 16.6. The van der Waals surface area contributed by atoms with Gasteiger partial charge in [0, 0.05) is 0 Å². The van der Waals surface area contributed by atoms with Crippen molar-refractivity contribution < 1.29 is 4.74 Å². The van der Waals surface area contributed by atoms with Crippen LogP contribution in [0.2, 0.25) is 0 Å². The summed E-state index contributed by atoms with van der Waals surface area (Å²) in [5, 5.41) is 24.5. The predicted octanol–water partition coefficient (Wildman–Crippen LogP) is -0.305. The number of hydrogen-bond donors (Lipinski definition) is 0. The van der Waals surface area contributed by atoms with Gasteiger partial charge in [-0.2, -0.15) is 15.8 Å². The molecule has 4 heteroatoms. The molecule has 4 nitrogen and oxygen atoms in total. The van der Waals surface area contributed by atoms with E-state index in [9.17, 15) is 0 Å². The van der Waals surface area contributed by atoms with E-state index in [0.29, 0.717) is 0 Å². The molecular weight excluding hydrogens is 118 g/mol. The van der Waals surface area contributed by atoms with Gasteiger partial charge in [-0.3, -0.25) is 0 Å². The highest BCUT2D eigenvalue weighted by molar-refractivity contribution is 5.35. The Bertz CT molecular complexity index is 237. The largest absolute Gasteiger partial charge is 0.321 e. The van der Waals surface area contributed by atoms with Gasteiger partial charge in [0.2, 0.25) is 6.10 Å². The van der Waals surface area contributed by atoms with E-state index in [1.165, 1.54) is 0 Å². The Morgan fingerprint density at radius 1 is 1.22 bits per heavy atom. The van der Waals surface area contributed by atoms with Crippen molar-refractivity contribution in [3.05, 3.63) is 0 Å². The maximum Gasteiger partial charge on any atom is 0.282 e. The molecule has 1 fully saturated rings. The molecule has 0 amide bonds. The van der Waals surface area contributed by atoms with Gasteiger partial charge in [-0.15, -0.1) is 0 Å². The Kier molecular flexibility index (Phi) is 0.897. The van der Waals surface area contributed by atoms with Crippen LogP contribution < -0.4 is 0 Å². The lowest BCUT2D eigenvalue weighted by atomic mass is 10.1. The van der Waals surface area contributed by atoms with Crippen LogP contribution in [0, 0.1) is 34.0 Å². The number of rotatable bonds is 0.